The number of piperazine rings is 1. The Hall–Kier alpha value is -2.61. The van der Waals surface area contributed by atoms with Gasteiger partial charge in [0.25, 0.3) is 0 Å². The van der Waals surface area contributed by atoms with Gasteiger partial charge < -0.3 is 15.1 Å². The molecule has 3 N–H and O–H groups in total. The molecular formula is C21H28N4O4. The van der Waals surface area contributed by atoms with E-state index in [-0.39, 0.29) is 12.3 Å². The van der Waals surface area contributed by atoms with Crippen LogP contribution >= 0.6 is 0 Å². The number of nitrogens with zero attached hydrogens (tertiary/aromatic N) is 2. The summed E-state index contributed by atoms with van der Waals surface area (Å²) in [6.45, 7) is 1.86. The minimum Gasteiger partial charge on any atom is -0.408 e. The van der Waals surface area contributed by atoms with Gasteiger partial charge in [-0.2, -0.15) is 0 Å². The van der Waals surface area contributed by atoms with Crippen LogP contribution in [0.4, 0.5) is 0 Å². The molecule has 2 heterocycles. The number of aromatic nitrogens is 1. The number of aryl methyl sites for hydroxylation is 1. The second-order valence-corrected chi connectivity index (χ2v) is 8.14. The first kappa shape index (κ1) is 19.7. The van der Waals surface area contributed by atoms with Crippen molar-refractivity contribution in [1.29, 1.82) is 0 Å². The molecular weight excluding hydrogens is 372 g/mol. The van der Waals surface area contributed by atoms with Crippen molar-refractivity contribution in [3.8, 4) is 0 Å². The molecule has 4 rings (SSSR count). The van der Waals surface area contributed by atoms with Crippen molar-refractivity contribution in [2.24, 2.45) is 5.73 Å². The second-order valence-electron chi connectivity index (χ2n) is 8.14. The zero-order valence-corrected chi connectivity index (χ0v) is 16.6. The van der Waals surface area contributed by atoms with Crippen LogP contribution < -0.4 is 11.5 Å². The van der Waals surface area contributed by atoms with E-state index < -0.39 is 17.7 Å². The Kier molecular flexibility index (Phi) is 5.71. The van der Waals surface area contributed by atoms with E-state index in [4.69, 9.17) is 10.2 Å². The Labute approximate surface area is 169 Å². The lowest BCUT2D eigenvalue weighted by molar-refractivity contribution is -0.143. The van der Waals surface area contributed by atoms with E-state index >= 15 is 0 Å². The number of nitrogens with two attached hydrogens (primary N) is 1. The van der Waals surface area contributed by atoms with E-state index in [0.717, 1.165) is 24.9 Å². The second kappa shape index (κ2) is 8.41. The summed E-state index contributed by atoms with van der Waals surface area (Å²) in [6.07, 6.45) is 6.87. The van der Waals surface area contributed by atoms with E-state index in [1.807, 2.05) is 6.07 Å². The molecule has 8 heteroatoms. The molecule has 2 aliphatic rings. The van der Waals surface area contributed by atoms with Gasteiger partial charge in [0.1, 0.15) is 6.04 Å². The van der Waals surface area contributed by atoms with Crippen LogP contribution in [-0.2, 0) is 16.0 Å². The Morgan fingerprint density at radius 1 is 1.17 bits per heavy atom. The molecule has 0 spiro atoms. The van der Waals surface area contributed by atoms with Gasteiger partial charge in [-0.3, -0.25) is 19.5 Å². The molecule has 2 amide bonds. The monoisotopic (exact) mass is 400 g/mol. The number of benzene rings is 1. The van der Waals surface area contributed by atoms with E-state index in [1.54, 1.807) is 17.0 Å². The largest absolute Gasteiger partial charge is 0.417 e. The first-order chi connectivity index (χ1) is 14.0. The summed E-state index contributed by atoms with van der Waals surface area (Å²) >= 11 is 0. The number of hydrogen-bond acceptors (Lipinski definition) is 5. The zero-order valence-electron chi connectivity index (χ0n) is 16.6. The van der Waals surface area contributed by atoms with Crippen LogP contribution in [0.5, 0.6) is 0 Å². The van der Waals surface area contributed by atoms with Crippen LogP contribution in [0.1, 0.15) is 44.1 Å². The van der Waals surface area contributed by atoms with Crippen LogP contribution in [0, 0.1) is 0 Å². The highest BCUT2D eigenvalue weighted by Gasteiger charge is 2.36. The fourth-order valence-corrected chi connectivity index (χ4v) is 4.66. The van der Waals surface area contributed by atoms with Crippen LogP contribution in [-0.4, -0.2) is 58.3 Å². The van der Waals surface area contributed by atoms with Crippen molar-refractivity contribution in [2.75, 3.05) is 19.6 Å². The number of H-pyrrole nitrogens is 1. The third kappa shape index (κ3) is 4.37. The van der Waals surface area contributed by atoms with Crippen LogP contribution in [0.3, 0.4) is 0 Å². The number of fused-ring (bicyclic) bond motifs is 1. The standard InChI is InChI=1S/C21H28N4O4/c22-20(27)17-13-24(15-4-2-1-3-5-15)10-11-25(17)19(26)9-7-14-6-8-16-18(12-14)29-21(28)23-16/h6,8,12,15,17H,1-5,7,9-11,13H2,(H2,22,27)(H,23,28). The maximum absolute atomic E-state index is 12.9. The lowest BCUT2D eigenvalue weighted by Gasteiger charge is -2.44. The highest BCUT2D eigenvalue weighted by Crippen LogP contribution is 2.25. The lowest BCUT2D eigenvalue weighted by Crippen LogP contribution is -2.61. The first-order valence-corrected chi connectivity index (χ1v) is 10.5. The minimum atomic E-state index is -0.566. The van der Waals surface area contributed by atoms with Crippen molar-refractivity contribution in [3.05, 3.63) is 34.3 Å². The quantitative estimate of drug-likeness (QED) is 0.787. The third-order valence-electron chi connectivity index (χ3n) is 6.26. The number of oxazole rings is 1. The number of hydrogen-bond donors (Lipinski definition) is 2. The minimum absolute atomic E-state index is 0.0623. The topological polar surface area (TPSA) is 113 Å². The Morgan fingerprint density at radius 3 is 2.72 bits per heavy atom. The number of amides is 2. The fourth-order valence-electron chi connectivity index (χ4n) is 4.66. The van der Waals surface area contributed by atoms with Crippen molar-refractivity contribution in [1.82, 2.24) is 14.8 Å². The number of nitrogens with one attached hydrogen (secondary N) is 1. The molecule has 1 saturated carbocycles. The number of aromatic amines is 1. The number of primary amides is 1. The summed E-state index contributed by atoms with van der Waals surface area (Å²) in [6, 6.07) is 5.35. The Bertz CT molecular complexity index is 944. The first-order valence-electron chi connectivity index (χ1n) is 10.5. The molecule has 1 atom stereocenters. The number of carbonyl (C=O) groups excluding carboxylic acids is 2. The molecule has 1 aromatic heterocycles. The Balaban J connectivity index is 1.38. The van der Waals surface area contributed by atoms with E-state index in [0.29, 0.717) is 36.7 Å². The molecule has 0 bridgehead atoms. The van der Waals surface area contributed by atoms with Gasteiger partial charge in [-0.25, -0.2) is 4.79 Å². The van der Waals surface area contributed by atoms with Crippen LogP contribution in [0.2, 0.25) is 0 Å². The molecule has 0 radical (unpaired) electrons. The Morgan fingerprint density at radius 2 is 1.97 bits per heavy atom. The molecule has 1 aliphatic carbocycles. The fraction of sp³-hybridized carbons (Fsp3) is 0.571. The van der Waals surface area contributed by atoms with E-state index in [1.165, 1.54) is 19.3 Å². The summed E-state index contributed by atoms with van der Waals surface area (Å²) in [7, 11) is 0. The van der Waals surface area contributed by atoms with Crippen molar-refractivity contribution < 1.29 is 14.0 Å². The summed E-state index contributed by atoms with van der Waals surface area (Å²) in [5.74, 6) is -0.990. The molecule has 29 heavy (non-hydrogen) atoms. The average molecular weight is 400 g/mol. The molecule has 2 aromatic rings. The summed E-state index contributed by atoms with van der Waals surface area (Å²) in [4.78, 5) is 42.8. The van der Waals surface area contributed by atoms with Gasteiger partial charge in [-0.1, -0.05) is 25.3 Å². The highest BCUT2D eigenvalue weighted by molar-refractivity contribution is 5.87. The van der Waals surface area contributed by atoms with Gasteiger partial charge in [0.15, 0.2) is 5.58 Å². The smallest absolute Gasteiger partial charge is 0.408 e. The molecule has 156 valence electrons. The van der Waals surface area contributed by atoms with Gasteiger partial charge >= 0.3 is 5.76 Å². The van der Waals surface area contributed by atoms with Crippen LogP contribution in [0.25, 0.3) is 11.1 Å². The summed E-state index contributed by atoms with van der Waals surface area (Å²) < 4.78 is 5.08. The average Bonchev–Trinajstić information content (AvgIpc) is 3.11. The van der Waals surface area contributed by atoms with Gasteiger partial charge in [-0.15, -0.1) is 0 Å². The normalized spacial score (nSPS) is 21.5. The van der Waals surface area contributed by atoms with Gasteiger partial charge in [0, 0.05) is 32.1 Å². The SMILES string of the molecule is NC(=O)C1CN(C2CCCCC2)CCN1C(=O)CCc1ccc2[nH]c(=O)oc2c1. The maximum Gasteiger partial charge on any atom is 0.417 e. The maximum atomic E-state index is 12.9. The number of rotatable bonds is 5. The van der Waals surface area contributed by atoms with Crippen molar-refractivity contribution in [3.63, 3.8) is 0 Å². The van der Waals surface area contributed by atoms with Crippen molar-refractivity contribution in [2.45, 2.75) is 57.0 Å². The molecule has 2 fully saturated rings. The number of carbonyl (C=O) groups is 2. The third-order valence-corrected chi connectivity index (χ3v) is 6.26. The van der Waals surface area contributed by atoms with Gasteiger partial charge in [0.05, 0.1) is 5.52 Å². The predicted octanol–water partition coefficient (Wildman–Crippen LogP) is 1.38. The van der Waals surface area contributed by atoms with Gasteiger partial charge in [0.2, 0.25) is 11.8 Å². The predicted molar refractivity (Wildman–Crippen MR) is 108 cm³/mol. The molecule has 1 saturated heterocycles. The molecule has 1 aliphatic heterocycles. The molecule has 1 unspecified atom stereocenters. The highest BCUT2D eigenvalue weighted by atomic mass is 16.4. The van der Waals surface area contributed by atoms with E-state index in [9.17, 15) is 14.4 Å². The molecule has 8 nitrogen and oxygen atoms in total. The lowest BCUT2D eigenvalue weighted by atomic mass is 9.93. The van der Waals surface area contributed by atoms with Gasteiger partial charge in [-0.05, 0) is 37.0 Å². The van der Waals surface area contributed by atoms with Crippen LogP contribution in [0.15, 0.2) is 27.4 Å². The summed E-state index contributed by atoms with van der Waals surface area (Å²) in [5, 5.41) is 0. The summed E-state index contributed by atoms with van der Waals surface area (Å²) in [5.41, 5.74) is 7.68. The van der Waals surface area contributed by atoms with Crippen molar-refractivity contribution >= 4 is 22.9 Å². The molecule has 1 aromatic carbocycles. The zero-order chi connectivity index (χ0) is 20.4. The van der Waals surface area contributed by atoms with E-state index in [2.05, 4.69) is 9.88 Å².